The van der Waals surface area contributed by atoms with E-state index in [0.717, 1.165) is 0 Å². The Morgan fingerprint density at radius 1 is 0.606 bits per heavy atom. The molecule has 33 heavy (non-hydrogen) atoms. The van der Waals surface area contributed by atoms with Gasteiger partial charge in [-0.25, -0.2) is 0 Å². The zero-order chi connectivity index (χ0) is 23.1. The number of hydrogen-bond acceptors (Lipinski definition) is 0. The van der Waals surface area contributed by atoms with Gasteiger partial charge in [-0.1, -0.05) is 132 Å². The number of hydrogen-bond donors (Lipinski definition) is 0. The Balaban J connectivity index is 1.90. The number of unbranched alkanes of at least 4 members (excludes halogenated alkanes) is 6. The summed E-state index contributed by atoms with van der Waals surface area (Å²) in [5.74, 6) is 0. The Hall–Kier alpha value is -2.54. The van der Waals surface area contributed by atoms with Gasteiger partial charge in [-0.05, 0) is 31.4 Å². The van der Waals surface area contributed by atoms with Gasteiger partial charge in [0.1, 0.15) is 0 Å². The molecule has 3 aromatic carbocycles. The second-order valence-electron chi connectivity index (χ2n) is 10.0. The molecule has 0 atom stereocenters. The van der Waals surface area contributed by atoms with Crippen LogP contribution in [0.15, 0.2) is 72.8 Å². The largest absolute Gasteiger partial charge is 0.334 e. The van der Waals surface area contributed by atoms with E-state index in [2.05, 4.69) is 98.1 Å². The highest BCUT2D eigenvalue weighted by Crippen LogP contribution is 2.43. The second kappa shape index (κ2) is 11.1. The van der Waals surface area contributed by atoms with Crippen molar-refractivity contribution in [2.24, 2.45) is 0 Å². The summed E-state index contributed by atoms with van der Waals surface area (Å²) in [5.41, 5.74) is 5.60. The minimum absolute atomic E-state index is 0.119. The van der Waals surface area contributed by atoms with E-state index in [1.54, 1.807) is 0 Å². The fourth-order valence-corrected chi connectivity index (χ4v) is 5.64. The molecule has 0 N–H and O–H groups in total. The summed E-state index contributed by atoms with van der Waals surface area (Å²) in [4.78, 5) is 0. The smallest absolute Gasteiger partial charge is 0.0576 e. The summed E-state index contributed by atoms with van der Waals surface area (Å²) in [5, 5.41) is 2.78. The SMILES string of the molecule is CCCCCCC(C)(CCCCCC)n1c2ccccc2c2cccc(-c3ccccc3)c21. The number of rotatable bonds is 12. The molecule has 0 amide bonds. The highest BCUT2D eigenvalue weighted by molar-refractivity contribution is 6.12. The average Bonchev–Trinajstić information content (AvgIpc) is 3.20. The summed E-state index contributed by atoms with van der Waals surface area (Å²) < 4.78 is 2.75. The normalized spacial score (nSPS) is 12.1. The van der Waals surface area contributed by atoms with E-state index in [4.69, 9.17) is 0 Å². The lowest BCUT2D eigenvalue weighted by molar-refractivity contribution is 0.266. The summed E-state index contributed by atoms with van der Waals surface area (Å²) in [7, 11) is 0. The Kier molecular flexibility index (Phi) is 7.91. The van der Waals surface area contributed by atoms with Crippen LogP contribution in [0.1, 0.15) is 85.0 Å². The maximum Gasteiger partial charge on any atom is 0.0576 e. The summed E-state index contributed by atoms with van der Waals surface area (Å²) >= 11 is 0. The Morgan fingerprint density at radius 3 is 1.88 bits per heavy atom. The minimum atomic E-state index is 0.119. The predicted octanol–water partition coefficient (Wildman–Crippen LogP) is 10.1. The lowest BCUT2D eigenvalue weighted by Gasteiger charge is -2.35. The van der Waals surface area contributed by atoms with Crippen LogP contribution in [0.25, 0.3) is 32.9 Å². The molecule has 0 aliphatic rings. The first-order chi connectivity index (χ1) is 16.2. The van der Waals surface area contributed by atoms with Crippen molar-refractivity contribution < 1.29 is 0 Å². The molecule has 0 aliphatic carbocycles. The number of benzene rings is 3. The quantitative estimate of drug-likeness (QED) is 0.193. The Morgan fingerprint density at radius 2 is 1.21 bits per heavy atom. The monoisotopic (exact) mass is 439 g/mol. The third kappa shape index (κ3) is 5.03. The van der Waals surface area contributed by atoms with Gasteiger partial charge in [0.25, 0.3) is 0 Å². The molecule has 4 rings (SSSR count). The molecule has 0 radical (unpaired) electrons. The van der Waals surface area contributed by atoms with Crippen LogP contribution in [0.2, 0.25) is 0 Å². The van der Waals surface area contributed by atoms with Crippen molar-refractivity contribution in [1.29, 1.82) is 0 Å². The molecular weight excluding hydrogens is 398 g/mol. The molecule has 1 heteroatoms. The van der Waals surface area contributed by atoms with E-state index in [1.165, 1.54) is 97.1 Å². The highest BCUT2D eigenvalue weighted by atomic mass is 15.1. The van der Waals surface area contributed by atoms with Gasteiger partial charge in [-0.2, -0.15) is 0 Å². The summed E-state index contributed by atoms with van der Waals surface area (Å²) in [6.45, 7) is 7.16. The molecule has 1 heterocycles. The molecule has 0 saturated heterocycles. The predicted molar refractivity (Wildman–Crippen MR) is 146 cm³/mol. The van der Waals surface area contributed by atoms with Gasteiger partial charge in [0, 0.05) is 27.4 Å². The lowest BCUT2D eigenvalue weighted by atomic mass is 9.87. The number of fused-ring (bicyclic) bond motifs is 3. The van der Waals surface area contributed by atoms with Crippen LogP contribution < -0.4 is 0 Å². The minimum Gasteiger partial charge on any atom is -0.334 e. The van der Waals surface area contributed by atoms with Crippen LogP contribution >= 0.6 is 0 Å². The van der Waals surface area contributed by atoms with E-state index >= 15 is 0 Å². The molecule has 0 unspecified atom stereocenters. The van der Waals surface area contributed by atoms with Crippen LogP contribution in [-0.4, -0.2) is 4.57 Å². The van der Waals surface area contributed by atoms with Crippen LogP contribution in [0.5, 0.6) is 0 Å². The van der Waals surface area contributed by atoms with E-state index in [-0.39, 0.29) is 5.54 Å². The van der Waals surface area contributed by atoms with E-state index in [9.17, 15) is 0 Å². The van der Waals surface area contributed by atoms with Crippen molar-refractivity contribution in [2.45, 2.75) is 90.5 Å². The first-order valence-corrected chi connectivity index (χ1v) is 13.3. The Labute approximate surface area is 200 Å². The van der Waals surface area contributed by atoms with Crippen LogP contribution in [0.4, 0.5) is 0 Å². The van der Waals surface area contributed by atoms with Gasteiger partial charge >= 0.3 is 0 Å². The van der Waals surface area contributed by atoms with Crippen molar-refractivity contribution in [1.82, 2.24) is 4.57 Å². The number of nitrogens with zero attached hydrogens (tertiary/aromatic N) is 1. The summed E-state index contributed by atoms with van der Waals surface area (Å²) in [6.07, 6.45) is 13.0. The van der Waals surface area contributed by atoms with E-state index in [0.29, 0.717) is 0 Å². The summed E-state index contributed by atoms with van der Waals surface area (Å²) in [6, 6.07) is 26.9. The topological polar surface area (TPSA) is 4.93 Å². The lowest BCUT2D eigenvalue weighted by Crippen LogP contribution is -2.30. The standard InChI is InChI=1S/C32H41N/c1-4-6-8-15-24-32(3,25-16-9-7-5-2)33-30-23-14-13-20-28(30)29-22-17-21-27(31(29)33)26-18-11-10-12-19-26/h10-14,17-23H,4-9,15-16,24-25H2,1-3H3. The van der Waals surface area contributed by atoms with Crippen molar-refractivity contribution in [2.75, 3.05) is 0 Å². The van der Waals surface area contributed by atoms with Gasteiger partial charge in [0.05, 0.1) is 5.52 Å². The van der Waals surface area contributed by atoms with Crippen molar-refractivity contribution in [3.63, 3.8) is 0 Å². The number of aromatic nitrogens is 1. The van der Waals surface area contributed by atoms with Gasteiger partial charge in [0.2, 0.25) is 0 Å². The van der Waals surface area contributed by atoms with Crippen molar-refractivity contribution in [3.05, 3.63) is 72.8 Å². The molecule has 0 saturated carbocycles. The second-order valence-corrected chi connectivity index (χ2v) is 10.0. The first-order valence-electron chi connectivity index (χ1n) is 13.3. The maximum absolute atomic E-state index is 2.75. The molecule has 1 nitrogen and oxygen atoms in total. The molecule has 0 bridgehead atoms. The van der Waals surface area contributed by atoms with Gasteiger partial charge in [-0.15, -0.1) is 0 Å². The number of para-hydroxylation sites is 2. The molecule has 174 valence electrons. The molecule has 0 spiro atoms. The Bertz CT molecular complexity index is 1140. The zero-order valence-electron chi connectivity index (χ0n) is 20.9. The zero-order valence-corrected chi connectivity index (χ0v) is 20.9. The third-order valence-electron chi connectivity index (χ3n) is 7.46. The van der Waals surface area contributed by atoms with Crippen molar-refractivity contribution >= 4 is 21.8 Å². The maximum atomic E-state index is 2.75. The molecule has 4 aromatic rings. The van der Waals surface area contributed by atoms with Crippen molar-refractivity contribution in [3.8, 4) is 11.1 Å². The average molecular weight is 440 g/mol. The fraction of sp³-hybridized carbons (Fsp3) is 0.438. The van der Waals surface area contributed by atoms with E-state index in [1.807, 2.05) is 0 Å². The van der Waals surface area contributed by atoms with Gasteiger partial charge in [-0.3, -0.25) is 0 Å². The molecular formula is C32H41N. The van der Waals surface area contributed by atoms with Crippen LogP contribution in [0, 0.1) is 0 Å². The fourth-order valence-electron chi connectivity index (χ4n) is 5.64. The highest BCUT2D eigenvalue weighted by Gasteiger charge is 2.30. The molecule has 1 aromatic heterocycles. The molecule has 0 fully saturated rings. The first kappa shape index (κ1) is 23.6. The third-order valence-corrected chi connectivity index (χ3v) is 7.46. The van der Waals surface area contributed by atoms with E-state index < -0.39 is 0 Å². The van der Waals surface area contributed by atoms with Gasteiger partial charge < -0.3 is 4.57 Å². The van der Waals surface area contributed by atoms with Gasteiger partial charge in [0.15, 0.2) is 0 Å². The van der Waals surface area contributed by atoms with Crippen LogP contribution in [0.3, 0.4) is 0 Å². The molecule has 0 aliphatic heterocycles. The van der Waals surface area contributed by atoms with Crippen LogP contribution in [-0.2, 0) is 5.54 Å².